The van der Waals surface area contributed by atoms with Gasteiger partial charge in [0.15, 0.2) is 5.60 Å². The predicted octanol–water partition coefficient (Wildman–Crippen LogP) is 8.48. The van der Waals surface area contributed by atoms with Gasteiger partial charge in [-0.2, -0.15) is 13.2 Å². The first-order valence-electron chi connectivity index (χ1n) is 15.3. The van der Waals surface area contributed by atoms with Gasteiger partial charge < -0.3 is 9.84 Å². The zero-order chi connectivity index (χ0) is 27.2. The number of esters is 1. The summed E-state index contributed by atoms with van der Waals surface area (Å²) >= 11 is 0. The molecule has 214 valence electrons. The molecule has 6 heteroatoms. The van der Waals surface area contributed by atoms with Crippen LogP contribution in [0.3, 0.4) is 0 Å². The lowest BCUT2D eigenvalue weighted by Crippen LogP contribution is -2.59. The van der Waals surface area contributed by atoms with Crippen molar-refractivity contribution in [3.8, 4) is 0 Å². The van der Waals surface area contributed by atoms with Gasteiger partial charge in [0.2, 0.25) is 0 Å². The second-order valence-corrected chi connectivity index (χ2v) is 14.0. The standard InChI is InChI=1S/C31H51F3O3/c1-6-7-8-9-10-27(35)37-21(3)20(2)24-13-14-25-23-12-11-22-19-30(36,31(32,33)34)18-17-28(22,4)26(23)15-16-29(24,25)5/h20-26,36H,6-19H2,1-5H3/t20-,21-,22-,23+,24-,25+,26+,28+,29-,30-/m1/s1. The fourth-order valence-electron chi connectivity index (χ4n) is 9.80. The molecule has 0 bridgehead atoms. The van der Waals surface area contributed by atoms with Crippen molar-refractivity contribution < 1.29 is 27.8 Å². The number of halogens is 3. The third-order valence-corrected chi connectivity index (χ3v) is 12.3. The lowest BCUT2D eigenvalue weighted by Gasteiger charge is -2.62. The van der Waals surface area contributed by atoms with Crippen LogP contribution in [0, 0.1) is 46.3 Å². The fraction of sp³-hybridized carbons (Fsp3) is 0.968. The first-order chi connectivity index (χ1) is 17.3. The summed E-state index contributed by atoms with van der Waals surface area (Å²) in [7, 11) is 0. The van der Waals surface area contributed by atoms with Crippen LogP contribution < -0.4 is 0 Å². The van der Waals surface area contributed by atoms with Gasteiger partial charge in [0.25, 0.3) is 0 Å². The highest BCUT2D eigenvalue weighted by molar-refractivity contribution is 5.69. The molecule has 0 amide bonds. The Morgan fingerprint density at radius 2 is 1.65 bits per heavy atom. The molecule has 0 aromatic heterocycles. The lowest BCUT2D eigenvalue weighted by molar-refractivity contribution is -0.290. The number of alkyl halides is 3. The molecule has 4 aliphatic rings. The van der Waals surface area contributed by atoms with Crippen LogP contribution in [0.5, 0.6) is 0 Å². The van der Waals surface area contributed by atoms with E-state index < -0.39 is 11.8 Å². The molecule has 0 saturated heterocycles. The van der Waals surface area contributed by atoms with Crippen LogP contribution in [0.2, 0.25) is 0 Å². The van der Waals surface area contributed by atoms with Crippen molar-refractivity contribution in [2.75, 3.05) is 0 Å². The highest BCUT2D eigenvalue weighted by Crippen LogP contribution is 2.69. The van der Waals surface area contributed by atoms with E-state index in [4.69, 9.17) is 4.74 Å². The van der Waals surface area contributed by atoms with Gasteiger partial charge in [0.1, 0.15) is 6.10 Å². The van der Waals surface area contributed by atoms with Crippen LogP contribution in [0.25, 0.3) is 0 Å². The molecule has 4 aliphatic carbocycles. The van der Waals surface area contributed by atoms with Gasteiger partial charge in [-0.3, -0.25) is 4.79 Å². The van der Waals surface area contributed by atoms with Crippen molar-refractivity contribution in [2.24, 2.45) is 46.3 Å². The zero-order valence-corrected chi connectivity index (χ0v) is 23.8. The highest BCUT2D eigenvalue weighted by atomic mass is 19.4. The molecule has 0 unspecified atom stereocenters. The number of aliphatic hydroxyl groups is 1. The van der Waals surface area contributed by atoms with Crippen molar-refractivity contribution in [3.05, 3.63) is 0 Å². The van der Waals surface area contributed by atoms with E-state index in [0.717, 1.165) is 57.8 Å². The number of hydrogen-bond acceptors (Lipinski definition) is 3. The molecule has 4 rings (SSSR count). The Kier molecular flexibility index (Phi) is 8.41. The maximum Gasteiger partial charge on any atom is 0.417 e. The summed E-state index contributed by atoms with van der Waals surface area (Å²) in [5.41, 5.74) is -2.41. The topological polar surface area (TPSA) is 46.5 Å². The van der Waals surface area contributed by atoms with Crippen LogP contribution in [-0.2, 0) is 9.53 Å². The van der Waals surface area contributed by atoms with Crippen molar-refractivity contribution in [2.45, 2.75) is 142 Å². The Hall–Kier alpha value is -0.780. The largest absolute Gasteiger partial charge is 0.462 e. The smallest absolute Gasteiger partial charge is 0.417 e. The number of hydrogen-bond donors (Lipinski definition) is 1. The van der Waals surface area contributed by atoms with E-state index in [1.807, 2.05) is 0 Å². The van der Waals surface area contributed by atoms with E-state index in [0.29, 0.717) is 42.4 Å². The van der Waals surface area contributed by atoms with E-state index in [1.165, 1.54) is 6.42 Å². The molecule has 0 spiro atoms. The van der Waals surface area contributed by atoms with Crippen molar-refractivity contribution >= 4 is 5.97 Å². The summed E-state index contributed by atoms with van der Waals surface area (Å²) in [6, 6.07) is 0. The number of unbranched alkanes of at least 4 members (excludes halogenated alkanes) is 3. The van der Waals surface area contributed by atoms with Crippen LogP contribution >= 0.6 is 0 Å². The average molecular weight is 529 g/mol. The van der Waals surface area contributed by atoms with Gasteiger partial charge in [0.05, 0.1) is 0 Å². The minimum atomic E-state index is -4.54. The van der Waals surface area contributed by atoms with E-state index in [1.54, 1.807) is 0 Å². The van der Waals surface area contributed by atoms with Crippen LogP contribution in [0.15, 0.2) is 0 Å². The Bertz CT molecular complexity index is 814. The number of carbonyl (C=O) groups is 1. The minimum Gasteiger partial charge on any atom is -0.462 e. The molecule has 0 aliphatic heterocycles. The number of carbonyl (C=O) groups excluding carboxylic acids is 1. The summed E-state index contributed by atoms with van der Waals surface area (Å²) in [5, 5.41) is 10.5. The SMILES string of the molecule is CCCCCCC(=O)O[C@H](C)[C@@H](C)[C@H]1CC[C@H]2[C@@H]3CC[C@@H]4C[C@@](O)(C(F)(F)F)CC[C@]4(C)[C@H]3CC[C@]12C. The molecule has 4 fully saturated rings. The first kappa shape index (κ1) is 29.2. The lowest BCUT2D eigenvalue weighted by atomic mass is 9.43. The summed E-state index contributed by atoms with van der Waals surface area (Å²) in [4.78, 5) is 12.5. The molecule has 37 heavy (non-hydrogen) atoms. The van der Waals surface area contributed by atoms with Gasteiger partial charge in [-0.15, -0.1) is 0 Å². The Labute approximate surface area is 222 Å². The van der Waals surface area contributed by atoms with Crippen LogP contribution in [0.1, 0.15) is 125 Å². The van der Waals surface area contributed by atoms with Gasteiger partial charge in [-0.1, -0.05) is 47.0 Å². The van der Waals surface area contributed by atoms with Crippen molar-refractivity contribution in [1.29, 1.82) is 0 Å². The quantitative estimate of drug-likeness (QED) is 0.254. The van der Waals surface area contributed by atoms with Crippen LogP contribution in [0.4, 0.5) is 13.2 Å². The van der Waals surface area contributed by atoms with E-state index in [-0.39, 0.29) is 41.7 Å². The van der Waals surface area contributed by atoms with Gasteiger partial charge >= 0.3 is 12.1 Å². The number of rotatable bonds is 8. The molecule has 3 nitrogen and oxygen atoms in total. The zero-order valence-electron chi connectivity index (χ0n) is 23.8. The number of ether oxygens (including phenoxy) is 1. The van der Waals surface area contributed by atoms with Crippen molar-refractivity contribution in [3.63, 3.8) is 0 Å². The fourth-order valence-corrected chi connectivity index (χ4v) is 9.80. The summed E-state index contributed by atoms with van der Waals surface area (Å²) < 4.78 is 46.8. The molecular formula is C31H51F3O3. The minimum absolute atomic E-state index is 0.0497. The first-order valence-corrected chi connectivity index (χ1v) is 15.3. The second-order valence-electron chi connectivity index (χ2n) is 14.0. The van der Waals surface area contributed by atoms with E-state index >= 15 is 0 Å². The van der Waals surface area contributed by atoms with Gasteiger partial charge in [-0.25, -0.2) is 0 Å². The maximum atomic E-state index is 13.6. The van der Waals surface area contributed by atoms with Gasteiger partial charge in [-0.05, 0) is 117 Å². The normalized spacial score (nSPS) is 43.3. The second kappa shape index (κ2) is 10.7. The van der Waals surface area contributed by atoms with Crippen LogP contribution in [-0.4, -0.2) is 29.0 Å². The van der Waals surface area contributed by atoms with Gasteiger partial charge in [0, 0.05) is 6.42 Å². The van der Waals surface area contributed by atoms with Crippen molar-refractivity contribution in [1.82, 2.24) is 0 Å². The predicted molar refractivity (Wildman–Crippen MR) is 140 cm³/mol. The monoisotopic (exact) mass is 528 g/mol. The average Bonchev–Trinajstić information content (AvgIpc) is 3.18. The Morgan fingerprint density at radius 1 is 0.946 bits per heavy atom. The molecule has 0 radical (unpaired) electrons. The summed E-state index contributed by atoms with van der Waals surface area (Å²) in [6.45, 7) is 11.2. The van der Waals surface area contributed by atoms with E-state index in [9.17, 15) is 23.1 Å². The molecule has 4 saturated carbocycles. The molecule has 10 atom stereocenters. The van der Waals surface area contributed by atoms with E-state index in [2.05, 4.69) is 34.6 Å². The highest BCUT2D eigenvalue weighted by Gasteiger charge is 2.65. The molecule has 0 aromatic rings. The maximum absolute atomic E-state index is 13.6. The Balaban J connectivity index is 1.41. The molecule has 0 heterocycles. The third kappa shape index (κ3) is 5.23. The molecular weight excluding hydrogens is 477 g/mol. The number of fused-ring (bicyclic) bond motifs is 5. The third-order valence-electron chi connectivity index (χ3n) is 12.3. The molecule has 0 aromatic carbocycles. The Morgan fingerprint density at radius 3 is 2.32 bits per heavy atom. The summed E-state index contributed by atoms with van der Waals surface area (Å²) in [5.74, 6) is 2.30. The molecule has 1 N–H and O–H groups in total. The summed E-state index contributed by atoms with van der Waals surface area (Å²) in [6.07, 6.45) is 6.66.